The summed E-state index contributed by atoms with van der Waals surface area (Å²) in [4.78, 5) is 0. The first-order valence-corrected chi connectivity index (χ1v) is 8.49. The first kappa shape index (κ1) is 16.1. The van der Waals surface area contributed by atoms with Crippen molar-refractivity contribution in [1.29, 1.82) is 0 Å². The molecule has 0 spiro atoms. The van der Waals surface area contributed by atoms with E-state index < -0.39 is 0 Å². The maximum atomic E-state index is 9.98. The summed E-state index contributed by atoms with van der Waals surface area (Å²) in [6, 6.07) is 20.7. The smallest absolute Gasteiger partial charge is 0.0760 e. The number of benzene rings is 2. The fourth-order valence-electron chi connectivity index (χ4n) is 2.44. The van der Waals surface area contributed by atoms with Crippen LogP contribution in [0.5, 0.6) is 0 Å². The van der Waals surface area contributed by atoms with Gasteiger partial charge in [-0.2, -0.15) is 11.8 Å². The average molecular weight is 301 g/mol. The van der Waals surface area contributed by atoms with Crippen LogP contribution in [0, 0.1) is 0 Å². The fourth-order valence-corrected chi connectivity index (χ4v) is 3.68. The standard InChI is InChI=1S/C18H23NOS/c1-2-19-18(14-20,17-11-7-4-8-12-17)15-21-13-16-9-5-3-6-10-16/h3-12,19-20H,2,13-15H2,1H3. The molecule has 0 saturated carbocycles. The van der Waals surface area contributed by atoms with Gasteiger partial charge in [-0.15, -0.1) is 0 Å². The van der Waals surface area contributed by atoms with Crippen LogP contribution in [-0.4, -0.2) is 24.0 Å². The van der Waals surface area contributed by atoms with Crippen molar-refractivity contribution in [3.63, 3.8) is 0 Å². The third-order valence-electron chi connectivity index (χ3n) is 3.57. The quantitative estimate of drug-likeness (QED) is 0.783. The van der Waals surface area contributed by atoms with Gasteiger partial charge in [-0.25, -0.2) is 0 Å². The fraction of sp³-hybridized carbons (Fsp3) is 0.333. The SMILES string of the molecule is CCNC(CO)(CSCc1ccccc1)c1ccccc1. The lowest BCUT2D eigenvalue weighted by Gasteiger charge is -2.33. The van der Waals surface area contributed by atoms with Crippen LogP contribution in [0.4, 0.5) is 0 Å². The summed E-state index contributed by atoms with van der Waals surface area (Å²) < 4.78 is 0. The van der Waals surface area contributed by atoms with Gasteiger partial charge in [0.25, 0.3) is 0 Å². The lowest BCUT2D eigenvalue weighted by Crippen LogP contribution is -2.47. The topological polar surface area (TPSA) is 32.3 Å². The van der Waals surface area contributed by atoms with Crippen molar-refractivity contribution in [1.82, 2.24) is 5.32 Å². The van der Waals surface area contributed by atoms with Crippen molar-refractivity contribution in [3.05, 3.63) is 71.8 Å². The maximum Gasteiger partial charge on any atom is 0.0760 e. The first-order valence-electron chi connectivity index (χ1n) is 7.34. The maximum absolute atomic E-state index is 9.98. The van der Waals surface area contributed by atoms with Crippen LogP contribution in [-0.2, 0) is 11.3 Å². The molecule has 2 N–H and O–H groups in total. The van der Waals surface area contributed by atoms with Crippen LogP contribution in [0.3, 0.4) is 0 Å². The predicted molar refractivity (Wildman–Crippen MR) is 91.5 cm³/mol. The van der Waals surface area contributed by atoms with E-state index in [0.29, 0.717) is 0 Å². The highest BCUT2D eigenvalue weighted by Gasteiger charge is 2.30. The van der Waals surface area contributed by atoms with Gasteiger partial charge < -0.3 is 10.4 Å². The molecule has 1 unspecified atom stereocenters. The highest BCUT2D eigenvalue weighted by atomic mass is 32.2. The highest BCUT2D eigenvalue weighted by Crippen LogP contribution is 2.27. The van der Waals surface area contributed by atoms with E-state index >= 15 is 0 Å². The van der Waals surface area contributed by atoms with E-state index in [9.17, 15) is 5.11 Å². The molecule has 0 amide bonds. The number of hydrogen-bond acceptors (Lipinski definition) is 3. The number of likely N-dealkylation sites (N-methyl/N-ethyl adjacent to an activating group) is 1. The van der Waals surface area contributed by atoms with Crippen LogP contribution < -0.4 is 5.32 Å². The molecule has 2 rings (SSSR count). The normalized spacial score (nSPS) is 13.8. The Bertz CT molecular complexity index is 517. The molecule has 21 heavy (non-hydrogen) atoms. The van der Waals surface area contributed by atoms with E-state index in [0.717, 1.165) is 23.6 Å². The highest BCUT2D eigenvalue weighted by molar-refractivity contribution is 7.98. The number of aliphatic hydroxyl groups is 1. The van der Waals surface area contributed by atoms with Gasteiger partial charge in [0.2, 0.25) is 0 Å². The molecule has 0 aliphatic rings. The van der Waals surface area contributed by atoms with Gasteiger partial charge in [-0.1, -0.05) is 67.6 Å². The van der Waals surface area contributed by atoms with E-state index in [4.69, 9.17) is 0 Å². The molecule has 2 nitrogen and oxygen atoms in total. The predicted octanol–water partition coefficient (Wildman–Crippen LogP) is 3.42. The molecule has 0 aliphatic carbocycles. The summed E-state index contributed by atoms with van der Waals surface area (Å²) >= 11 is 1.85. The van der Waals surface area contributed by atoms with E-state index in [1.54, 1.807) is 0 Å². The molecule has 1 atom stereocenters. The van der Waals surface area contributed by atoms with E-state index in [1.807, 2.05) is 36.0 Å². The molecule has 0 saturated heterocycles. The zero-order valence-electron chi connectivity index (χ0n) is 12.5. The lowest BCUT2D eigenvalue weighted by atomic mass is 9.92. The van der Waals surface area contributed by atoms with Gasteiger partial charge in [0.1, 0.15) is 0 Å². The van der Waals surface area contributed by atoms with Crippen LogP contribution in [0.25, 0.3) is 0 Å². The minimum atomic E-state index is -0.366. The Morgan fingerprint density at radius 2 is 1.62 bits per heavy atom. The molecule has 0 heterocycles. The number of nitrogens with one attached hydrogen (secondary N) is 1. The van der Waals surface area contributed by atoms with Gasteiger partial charge in [-0.05, 0) is 17.7 Å². The molecular formula is C18H23NOS. The van der Waals surface area contributed by atoms with Crippen LogP contribution >= 0.6 is 11.8 Å². The molecule has 2 aromatic carbocycles. The second-order valence-corrected chi connectivity index (χ2v) is 6.10. The summed E-state index contributed by atoms with van der Waals surface area (Å²) in [5.41, 5.74) is 2.10. The van der Waals surface area contributed by atoms with Crippen molar-refractivity contribution in [2.24, 2.45) is 0 Å². The Kier molecular flexibility index (Phi) is 6.30. The summed E-state index contributed by atoms with van der Waals surface area (Å²) in [5.74, 6) is 1.80. The van der Waals surface area contributed by atoms with Crippen LogP contribution in [0.2, 0.25) is 0 Å². The van der Waals surface area contributed by atoms with E-state index in [-0.39, 0.29) is 12.1 Å². The van der Waals surface area contributed by atoms with Gasteiger partial charge in [-0.3, -0.25) is 0 Å². The van der Waals surface area contributed by atoms with Crippen molar-refractivity contribution in [2.75, 3.05) is 18.9 Å². The minimum absolute atomic E-state index is 0.104. The van der Waals surface area contributed by atoms with Gasteiger partial charge >= 0.3 is 0 Å². The Morgan fingerprint density at radius 1 is 1.00 bits per heavy atom. The van der Waals surface area contributed by atoms with Gasteiger partial charge in [0, 0.05) is 11.5 Å². The Balaban J connectivity index is 2.06. The Morgan fingerprint density at radius 3 is 2.19 bits per heavy atom. The summed E-state index contributed by atoms with van der Waals surface area (Å²) in [7, 11) is 0. The van der Waals surface area contributed by atoms with Crippen LogP contribution in [0.15, 0.2) is 60.7 Å². The van der Waals surface area contributed by atoms with Crippen molar-refractivity contribution in [2.45, 2.75) is 18.2 Å². The summed E-state index contributed by atoms with van der Waals surface area (Å²) in [6.45, 7) is 3.02. The Labute approximate surface area is 131 Å². The zero-order valence-corrected chi connectivity index (χ0v) is 13.3. The third-order valence-corrected chi connectivity index (χ3v) is 4.81. The monoisotopic (exact) mass is 301 g/mol. The molecule has 0 radical (unpaired) electrons. The number of hydrogen-bond donors (Lipinski definition) is 2. The van der Waals surface area contributed by atoms with Crippen LogP contribution in [0.1, 0.15) is 18.1 Å². The second-order valence-electron chi connectivity index (χ2n) is 5.11. The molecular weight excluding hydrogens is 278 g/mol. The van der Waals surface area contributed by atoms with E-state index in [1.165, 1.54) is 5.56 Å². The third kappa shape index (κ3) is 4.34. The second kappa shape index (κ2) is 8.23. The minimum Gasteiger partial charge on any atom is -0.394 e. The number of thioether (sulfide) groups is 1. The average Bonchev–Trinajstić information content (AvgIpc) is 2.56. The van der Waals surface area contributed by atoms with Gasteiger partial charge in [0.15, 0.2) is 0 Å². The molecule has 0 bridgehead atoms. The molecule has 0 aromatic heterocycles. The van der Waals surface area contributed by atoms with Crippen molar-refractivity contribution in [3.8, 4) is 0 Å². The van der Waals surface area contributed by atoms with Gasteiger partial charge in [0.05, 0.1) is 12.1 Å². The molecule has 0 fully saturated rings. The summed E-state index contributed by atoms with van der Waals surface area (Å²) in [6.07, 6.45) is 0. The molecule has 3 heteroatoms. The largest absolute Gasteiger partial charge is 0.394 e. The summed E-state index contributed by atoms with van der Waals surface area (Å²) in [5, 5.41) is 13.5. The first-order chi connectivity index (χ1) is 10.3. The molecule has 0 aliphatic heterocycles. The zero-order chi connectivity index (χ0) is 15.0. The lowest BCUT2D eigenvalue weighted by molar-refractivity contribution is 0.181. The van der Waals surface area contributed by atoms with Crippen molar-refractivity contribution >= 4 is 11.8 Å². The number of rotatable bonds is 8. The number of aliphatic hydroxyl groups excluding tert-OH is 1. The molecule has 2 aromatic rings. The van der Waals surface area contributed by atoms with E-state index in [2.05, 4.69) is 48.6 Å². The van der Waals surface area contributed by atoms with Crippen molar-refractivity contribution < 1.29 is 5.11 Å². The molecule has 112 valence electrons. The Hall–Kier alpha value is -1.29.